The average molecular weight is 370 g/mol. The van der Waals surface area contributed by atoms with E-state index in [4.69, 9.17) is 0 Å². The molecule has 0 bridgehead atoms. The van der Waals surface area contributed by atoms with Crippen LogP contribution in [0.2, 0.25) is 0 Å². The fraction of sp³-hybridized carbons (Fsp3) is 0.526. The number of amides is 2. The van der Waals surface area contributed by atoms with Gasteiger partial charge in [0.15, 0.2) is 5.82 Å². The van der Waals surface area contributed by atoms with Crippen LogP contribution in [-0.4, -0.2) is 55.9 Å². The fourth-order valence-electron chi connectivity index (χ4n) is 3.47. The summed E-state index contributed by atoms with van der Waals surface area (Å²) in [6, 6.07) is 1.78. The van der Waals surface area contributed by atoms with Crippen molar-refractivity contribution in [1.82, 2.24) is 29.7 Å². The van der Waals surface area contributed by atoms with Crippen LogP contribution in [-0.2, 0) is 13.5 Å². The number of hydrogen-bond acceptors (Lipinski definition) is 5. The average Bonchev–Trinajstić information content (AvgIpc) is 3.06. The van der Waals surface area contributed by atoms with Crippen molar-refractivity contribution >= 4 is 11.8 Å². The molecule has 8 nitrogen and oxygen atoms in total. The Morgan fingerprint density at radius 3 is 2.67 bits per heavy atom. The standard InChI is InChI=1S/C19H26N6O2/c1-13-11-14(2)23-16(22-13)6-7-21-19(27)25-9-4-5-15(12-25)17(26)18-20-8-10-24(18)3/h8,10-11,15H,4-7,9,12H2,1-3H3,(H,21,27). The van der Waals surface area contributed by atoms with Crippen LogP contribution < -0.4 is 5.32 Å². The molecule has 1 saturated heterocycles. The van der Waals surface area contributed by atoms with Crippen LogP contribution in [0.25, 0.3) is 0 Å². The van der Waals surface area contributed by atoms with E-state index >= 15 is 0 Å². The lowest BCUT2D eigenvalue weighted by molar-refractivity contribution is 0.0832. The molecule has 1 aliphatic heterocycles. The Hall–Kier alpha value is -2.77. The minimum Gasteiger partial charge on any atom is -0.338 e. The zero-order chi connectivity index (χ0) is 19.4. The van der Waals surface area contributed by atoms with E-state index < -0.39 is 0 Å². The van der Waals surface area contributed by atoms with E-state index in [1.165, 1.54) is 0 Å². The van der Waals surface area contributed by atoms with Crippen LogP contribution >= 0.6 is 0 Å². The van der Waals surface area contributed by atoms with Crippen LogP contribution in [0, 0.1) is 19.8 Å². The summed E-state index contributed by atoms with van der Waals surface area (Å²) < 4.78 is 1.73. The third-order valence-electron chi connectivity index (χ3n) is 4.77. The van der Waals surface area contributed by atoms with Crippen LogP contribution in [0.5, 0.6) is 0 Å². The molecule has 1 unspecified atom stereocenters. The number of piperidine rings is 1. The Balaban J connectivity index is 1.52. The van der Waals surface area contributed by atoms with Gasteiger partial charge in [0.25, 0.3) is 0 Å². The molecule has 2 amide bonds. The maximum atomic E-state index is 12.7. The summed E-state index contributed by atoms with van der Waals surface area (Å²) in [5.41, 5.74) is 1.85. The zero-order valence-electron chi connectivity index (χ0n) is 16.1. The number of nitrogens with one attached hydrogen (secondary N) is 1. The summed E-state index contributed by atoms with van der Waals surface area (Å²) in [4.78, 5) is 39.8. The number of nitrogens with zero attached hydrogens (tertiary/aromatic N) is 5. The summed E-state index contributed by atoms with van der Waals surface area (Å²) >= 11 is 0. The van der Waals surface area contributed by atoms with Gasteiger partial charge in [0.1, 0.15) is 5.82 Å². The van der Waals surface area contributed by atoms with Gasteiger partial charge in [-0.2, -0.15) is 0 Å². The van der Waals surface area contributed by atoms with Crippen molar-refractivity contribution < 1.29 is 9.59 Å². The maximum absolute atomic E-state index is 12.7. The van der Waals surface area contributed by atoms with Crippen molar-refractivity contribution in [3.05, 3.63) is 41.5 Å². The third kappa shape index (κ3) is 4.69. The van der Waals surface area contributed by atoms with E-state index in [9.17, 15) is 9.59 Å². The summed E-state index contributed by atoms with van der Waals surface area (Å²) in [5, 5.41) is 2.92. The summed E-state index contributed by atoms with van der Waals surface area (Å²) in [5.74, 6) is 0.987. The SMILES string of the molecule is Cc1cc(C)nc(CCNC(=O)N2CCCC(C(=O)c3nccn3C)C2)n1. The van der Waals surface area contributed by atoms with Gasteiger partial charge in [-0.15, -0.1) is 0 Å². The minimum absolute atomic E-state index is 0.00337. The molecule has 0 spiro atoms. The number of urea groups is 1. The highest BCUT2D eigenvalue weighted by molar-refractivity contribution is 5.95. The lowest BCUT2D eigenvalue weighted by Crippen LogP contribution is -2.47. The van der Waals surface area contributed by atoms with Crippen molar-refractivity contribution in [1.29, 1.82) is 0 Å². The normalized spacial score (nSPS) is 17.0. The summed E-state index contributed by atoms with van der Waals surface area (Å²) in [6.45, 7) is 5.43. The van der Waals surface area contributed by atoms with E-state index in [0.717, 1.165) is 30.1 Å². The zero-order valence-corrected chi connectivity index (χ0v) is 16.1. The van der Waals surface area contributed by atoms with Crippen LogP contribution in [0.3, 0.4) is 0 Å². The second-order valence-electron chi connectivity index (χ2n) is 7.06. The topological polar surface area (TPSA) is 93.0 Å². The van der Waals surface area contributed by atoms with Crippen molar-refractivity contribution in [3.8, 4) is 0 Å². The molecular weight excluding hydrogens is 344 g/mol. The molecule has 1 atom stereocenters. The second-order valence-corrected chi connectivity index (χ2v) is 7.06. The summed E-state index contributed by atoms with van der Waals surface area (Å²) in [7, 11) is 1.81. The number of imidazole rings is 1. The van der Waals surface area contributed by atoms with E-state index in [0.29, 0.717) is 31.9 Å². The second kappa shape index (κ2) is 8.28. The van der Waals surface area contributed by atoms with Crippen molar-refractivity contribution in [2.75, 3.05) is 19.6 Å². The van der Waals surface area contributed by atoms with E-state index in [1.807, 2.05) is 27.0 Å². The lowest BCUT2D eigenvalue weighted by atomic mass is 9.93. The molecule has 2 aromatic rings. The van der Waals surface area contributed by atoms with Gasteiger partial charge in [0.05, 0.1) is 0 Å². The molecule has 0 aliphatic carbocycles. The van der Waals surface area contributed by atoms with E-state index in [2.05, 4.69) is 20.3 Å². The number of aryl methyl sites for hydroxylation is 3. The fourth-order valence-corrected chi connectivity index (χ4v) is 3.47. The number of hydrogen-bond donors (Lipinski definition) is 1. The first-order chi connectivity index (χ1) is 12.9. The predicted octanol–water partition coefficient (Wildman–Crippen LogP) is 1.67. The molecule has 2 aromatic heterocycles. The van der Waals surface area contributed by atoms with Crippen LogP contribution in [0.1, 0.15) is 40.7 Å². The van der Waals surface area contributed by atoms with Crippen LogP contribution in [0.15, 0.2) is 18.5 Å². The Morgan fingerprint density at radius 2 is 2.00 bits per heavy atom. The van der Waals surface area contributed by atoms with Gasteiger partial charge in [-0.3, -0.25) is 4.79 Å². The molecule has 27 heavy (non-hydrogen) atoms. The van der Waals surface area contributed by atoms with Crippen molar-refractivity contribution in [2.24, 2.45) is 13.0 Å². The Labute approximate surface area is 159 Å². The molecule has 3 rings (SSSR count). The lowest BCUT2D eigenvalue weighted by Gasteiger charge is -2.31. The molecule has 8 heteroatoms. The van der Waals surface area contributed by atoms with Gasteiger partial charge in [-0.1, -0.05) is 0 Å². The highest BCUT2D eigenvalue weighted by Crippen LogP contribution is 2.20. The number of ketones is 1. The van der Waals surface area contributed by atoms with Crippen molar-refractivity contribution in [2.45, 2.75) is 33.1 Å². The van der Waals surface area contributed by atoms with Gasteiger partial charge >= 0.3 is 6.03 Å². The third-order valence-corrected chi connectivity index (χ3v) is 4.77. The Bertz CT molecular complexity index is 811. The minimum atomic E-state index is -0.201. The van der Waals surface area contributed by atoms with Gasteiger partial charge in [-0.05, 0) is 32.8 Å². The monoisotopic (exact) mass is 370 g/mol. The number of carbonyl (C=O) groups excluding carboxylic acids is 2. The van der Waals surface area contributed by atoms with Gasteiger partial charge in [0, 0.05) is 62.8 Å². The molecule has 144 valence electrons. The van der Waals surface area contributed by atoms with Crippen LogP contribution in [0.4, 0.5) is 4.79 Å². The highest BCUT2D eigenvalue weighted by atomic mass is 16.2. The maximum Gasteiger partial charge on any atom is 0.317 e. The van der Waals surface area contributed by atoms with E-state index in [1.54, 1.807) is 21.9 Å². The quantitative estimate of drug-likeness (QED) is 0.808. The first-order valence-corrected chi connectivity index (χ1v) is 9.29. The Morgan fingerprint density at radius 1 is 1.26 bits per heavy atom. The van der Waals surface area contributed by atoms with E-state index in [-0.39, 0.29) is 17.7 Å². The number of likely N-dealkylation sites (tertiary alicyclic amines) is 1. The predicted molar refractivity (Wildman–Crippen MR) is 100 cm³/mol. The molecule has 0 radical (unpaired) electrons. The number of rotatable bonds is 5. The largest absolute Gasteiger partial charge is 0.338 e. The van der Waals surface area contributed by atoms with Gasteiger partial charge < -0.3 is 14.8 Å². The first kappa shape index (κ1) is 19.0. The van der Waals surface area contributed by atoms with Crippen molar-refractivity contribution in [3.63, 3.8) is 0 Å². The molecule has 1 fully saturated rings. The Kier molecular flexibility index (Phi) is 5.83. The smallest absolute Gasteiger partial charge is 0.317 e. The number of Topliss-reactive ketones (excluding diaryl/α,β-unsaturated/α-hetero) is 1. The summed E-state index contributed by atoms with van der Waals surface area (Å²) in [6.07, 6.45) is 5.56. The number of carbonyl (C=O) groups is 2. The molecule has 1 aliphatic rings. The molecule has 0 saturated carbocycles. The molecule has 1 N–H and O–H groups in total. The number of aromatic nitrogens is 4. The first-order valence-electron chi connectivity index (χ1n) is 9.29. The van der Waals surface area contributed by atoms with Gasteiger partial charge in [0.2, 0.25) is 5.78 Å². The van der Waals surface area contributed by atoms with Gasteiger partial charge in [-0.25, -0.2) is 19.7 Å². The molecular formula is C19H26N6O2. The molecule has 3 heterocycles. The highest BCUT2D eigenvalue weighted by Gasteiger charge is 2.30. The molecule has 0 aromatic carbocycles.